The zero-order valence-corrected chi connectivity index (χ0v) is 11.1. The molecule has 1 amide bonds. The number of hydrogen-bond acceptors (Lipinski definition) is 3. The number of aromatic amines is 1. The van der Waals surface area contributed by atoms with Gasteiger partial charge < -0.3 is 10.6 Å². The van der Waals surface area contributed by atoms with Crippen LogP contribution in [0.4, 0.5) is 0 Å². The van der Waals surface area contributed by atoms with Gasteiger partial charge in [-0.1, -0.05) is 13.8 Å². The summed E-state index contributed by atoms with van der Waals surface area (Å²) in [6, 6.07) is 1.87. The summed E-state index contributed by atoms with van der Waals surface area (Å²) in [6.45, 7) is 6.59. The molecule has 0 spiro atoms. The van der Waals surface area contributed by atoms with Crippen LogP contribution in [0, 0.1) is 11.3 Å². The number of rotatable bonds is 4. The fraction of sp³-hybridized carbons (Fsp3) is 0.692. The van der Waals surface area contributed by atoms with Crippen LogP contribution in [0.3, 0.4) is 0 Å². The monoisotopic (exact) mass is 250 g/mol. The van der Waals surface area contributed by atoms with Crippen molar-refractivity contribution in [3.63, 3.8) is 0 Å². The maximum Gasteiger partial charge on any atom is 0.226 e. The van der Waals surface area contributed by atoms with Crippen LogP contribution in [-0.2, 0) is 11.3 Å². The molecule has 3 N–H and O–H groups in total. The molecule has 1 aromatic heterocycles. The Balaban J connectivity index is 1.89. The van der Waals surface area contributed by atoms with E-state index in [1.165, 1.54) is 0 Å². The molecule has 1 atom stereocenters. The molecular weight excluding hydrogens is 228 g/mol. The fourth-order valence-electron chi connectivity index (χ4n) is 2.44. The summed E-state index contributed by atoms with van der Waals surface area (Å²) in [4.78, 5) is 12.3. The number of nitrogens with one attached hydrogen (secondary N) is 3. The summed E-state index contributed by atoms with van der Waals surface area (Å²) in [7, 11) is 0. The second-order valence-electron chi connectivity index (χ2n) is 5.53. The van der Waals surface area contributed by atoms with Gasteiger partial charge in [0.2, 0.25) is 5.91 Å². The smallest absolute Gasteiger partial charge is 0.226 e. The Labute approximate surface area is 108 Å². The Morgan fingerprint density at radius 3 is 3.06 bits per heavy atom. The quantitative estimate of drug-likeness (QED) is 0.748. The summed E-state index contributed by atoms with van der Waals surface area (Å²) >= 11 is 0. The maximum atomic E-state index is 12.3. The fourth-order valence-corrected chi connectivity index (χ4v) is 2.44. The first-order chi connectivity index (χ1) is 8.60. The highest BCUT2D eigenvalue weighted by Crippen LogP contribution is 2.31. The normalized spacial score (nSPS) is 20.7. The number of H-pyrrole nitrogens is 1. The van der Waals surface area contributed by atoms with E-state index in [0.717, 1.165) is 31.6 Å². The van der Waals surface area contributed by atoms with Crippen LogP contribution in [0.25, 0.3) is 0 Å². The first-order valence-electron chi connectivity index (χ1n) is 6.58. The van der Waals surface area contributed by atoms with Gasteiger partial charge in [-0.25, -0.2) is 0 Å². The maximum absolute atomic E-state index is 12.3. The number of hydrogen-bond donors (Lipinski definition) is 3. The van der Waals surface area contributed by atoms with Gasteiger partial charge in [0.1, 0.15) is 0 Å². The molecule has 5 nitrogen and oxygen atoms in total. The first-order valence-corrected chi connectivity index (χ1v) is 6.58. The Hall–Kier alpha value is -1.36. The van der Waals surface area contributed by atoms with Crippen LogP contribution in [0.1, 0.15) is 32.4 Å². The lowest BCUT2D eigenvalue weighted by Gasteiger charge is -2.36. The van der Waals surface area contributed by atoms with E-state index in [0.29, 0.717) is 12.5 Å². The standard InChI is InChI=1S/C13H22N4O/c1-13(2,10-4-3-6-14-8-10)12(18)15-9-11-5-7-16-17-11/h5,7,10,14H,3-4,6,8-9H2,1-2H3,(H,15,18)(H,16,17). The molecule has 0 radical (unpaired) electrons. The number of carbonyl (C=O) groups excluding carboxylic acids is 1. The molecule has 18 heavy (non-hydrogen) atoms. The lowest BCUT2D eigenvalue weighted by atomic mass is 9.74. The van der Waals surface area contributed by atoms with Crippen molar-refractivity contribution in [1.82, 2.24) is 20.8 Å². The average molecular weight is 250 g/mol. The highest BCUT2D eigenvalue weighted by molar-refractivity contribution is 5.82. The van der Waals surface area contributed by atoms with Crippen LogP contribution in [0.2, 0.25) is 0 Å². The number of nitrogens with zero attached hydrogens (tertiary/aromatic N) is 1. The minimum absolute atomic E-state index is 0.116. The second-order valence-corrected chi connectivity index (χ2v) is 5.53. The van der Waals surface area contributed by atoms with E-state index in [1.807, 2.05) is 19.9 Å². The molecule has 0 aliphatic carbocycles. The van der Waals surface area contributed by atoms with E-state index < -0.39 is 0 Å². The predicted molar refractivity (Wildman–Crippen MR) is 69.8 cm³/mol. The molecule has 1 unspecified atom stereocenters. The van der Waals surface area contributed by atoms with Crippen molar-refractivity contribution >= 4 is 5.91 Å². The van der Waals surface area contributed by atoms with Crippen LogP contribution >= 0.6 is 0 Å². The minimum Gasteiger partial charge on any atom is -0.350 e. The Morgan fingerprint density at radius 1 is 1.61 bits per heavy atom. The molecule has 0 saturated carbocycles. The predicted octanol–water partition coefficient (Wildman–Crippen LogP) is 1.05. The van der Waals surface area contributed by atoms with E-state index in [1.54, 1.807) is 6.20 Å². The van der Waals surface area contributed by atoms with Gasteiger partial charge in [0.25, 0.3) is 0 Å². The average Bonchev–Trinajstić information content (AvgIpc) is 2.90. The van der Waals surface area contributed by atoms with Crippen LogP contribution in [-0.4, -0.2) is 29.2 Å². The highest BCUT2D eigenvalue weighted by atomic mass is 16.2. The summed E-state index contributed by atoms with van der Waals surface area (Å²) < 4.78 is 0. The number of aromatic nitrogens is 2. The van der Waals surface area contributed by atoms with Crippen LogP contribution < -0.4 is 10.6 Å². The van der Waals surface area contributed by atoms with E-state index in [4.69, 9.17) is 0 Å². The van der Waals surface area contributed by atoms with Gasteiger partial charge in [0, 0.05) is 11.6 Å². The molecule has 1 fully saturated rings. The van der Waals surface area contributed by atoms with Crippen molar-refractivity contribution in [2.24, 2.45) is 11.3 Å². The molecule has 0 bridgehead atoms. The van der Waals surface area contributed by atoms with Gasteiger partial charge in [-0.2, -0.15) is 5.10 Å². The first kappa shape index (κ1) is 13.1. The third-order valence-corrected chi connectivity index (χ3v) is 3.90. The summed E-state index contributed by atoms with van der Waals surface area (Å²) in [5.41, 5.74) is 0.605. The van der Waals surface area contributed by atoms with Crippen molar-refractivity contribution in [2.45, 2.75) is 33.2 Å². The third kappa shape index (κ3) is 2.90. The second kappa shape index (κ2) is 5.52. The van der Waals surface area contributed by atoms with Gasteiger partial charge in [-0.05, 0) is 37.9 Å². The summed E-state index contributed by atoms with van der Waals surface area (Å²) in [5, 5.41) is 13.1. The van der Waals surface area contributed by atoms with Gasteiger partial charge in [0.05, 0.1) is 12.2 Å². The zero-order valence-electron chi connectivity index (χ0n) is 11.1. The third-order valence-electron chi connectivity index (χ3n) is 3.90. The molecule has 100 valence electrons. The molecule has 1 aliphatic heterocycles. The lowest BCUT2D eigenvalue weighted by Crippen LogP contribution is -2.47. The van der Waals surface area contributed by atoms with E-state index >= 15 is 0 Å². The van der Waals surface area contributed by atoms with Gasteiger partial charge in [-0.15, -0.1) is 0 Å². The molecule has 2 rings (SSSR count). The molecular formula is C13H22N4O. The number of carbonyl (C=O) groups is 1. The van der Waals surface area contributed by atoms with Crippen LogP contribution in [0.15, 0.2) is 12.3 Å². The SMILES string of the molecule is CC(C)(C(=O)NCc1ccn[nH]1)C1CCCNC1. The van der Waals surface area contributed by atoms with Gasteiger partial charge >= 0.3 is 0 Å². The van der Waals surface area contributed by atoms with E-state index in [2.05, 4.69) is 20.8 Å². The van der Waals surface area contributed by atoms with Crippen molar-refractivity contribution < 1.29 is 4.79 Å². The minimum atomic E-state index is -0.326. The molecule has 1 aliphatic rings. The molecule has 0 aromatic carbocycles. The van der Waals surface area contributed by atoms with E-state index in [9.17, 15) is 4.79 Å². The molecule has 1 saturated heterocycles. The Morgan fingerprint density at radius 2 is 2.44 bits per heavy atom. The highest BCUT2D eigenvalue weighted by Gasteiger charge is 2.36. The topological polar surface area (TPSA) is 69.8 Å². The van der Waals surface area contributed by atoms with E-state index in [-0.39, 0.29) is 11.3 Å². The van der Waals surface area contributed by atoms with Gasteiger partial charge in [-0.3, -0.25) is 9.89 Å². The molecule has 1 aromatic rings. The van der Waals surface area contributed by atoms with Crippen LogP contribution in [0.5, 0.6) is 0 Å². The van der Waals surface area contributed by atoms with Crippen molar-refractivity contribution in [3.8, 4) is 0 Å². The Kier molecular flexibility index (Phi) is 4.01. The molecule has 5 heteroatoms. The lowest BCUT2D eigenvalue weighted by molar-refractivity contribution is -0.132. The Bertz CT molecular complexity index is 380. The molecule has 2 heterocycles. The number of amides is 1. The summed E-state index contributed by atoms with van der Waals surface area (Å²) in [6.07, 6.45) is 3.97. The summed E-state index contributed by atoms with van der Waals surface area (Å²) in [5.74, 6) is 0.527. The number of piperidine rings is 1. The largest absolute Gasteiger partial charge is 0.350 e. The van der Waals surface area contributed by atoms with Crippen molar-refractivity contribution in [1.29, 1.82) is 0 Å². The zero-order chi connectivity index (χ0) is 13.0. The van der Waals surface area contributed by atoms with Gasteiger partial charge in [0.15, 0.2) is 0 Å². The van der Waals surface area contributed by atoms with Crippen molar-refractivity contribution in [3.05, 3.63) is 18.0 Å². The van der Waals surface area contributed by atoms with Crippen molar-refractivity contribution in [2.75, 3.05) is 13.1 Å².